The maximum atomic E-state index is 14.7. The monoisotopic (exact) mass is 1700 g/mol. The van der Waals surface area contributed by atoms with Crippen molar-refractivity contribution in [2.24, 2.45) is 22.2 Å². The lowest BCUT2D eigenvalue weighted by molar-refractivity contribution is -0.248. The minimum Gasteiger partial charge on any atom is -0.476 e. The molecule has 3 unspecified atom stereocenters. The Bertz CT molecular complexity index is 4970. The second-order valence-electron chi connectivity index (χ2n) is 34.4. The van der Waals surface area contributed by atoms with Crippen LogP contribution in [-0.2, 0) is 90.4 Å². The van der Waals surface area contributed by atoms with Crippen LogP contribution in [-0.4, -0.2) is 257 Å². The summed E-state index contributed by atoms with van der Waals surface area (Å²) in [6.07, 6.45) is 3.35. The van der Waals surface area contributed by atoms with E-state index in [0.717, 1.165) is 81.1 Å². The molecule has 6 aromatic rings. The van der Waals surface area contributed by atoms with Gasteiger partial charge in [-0.1, -0.05) is 69.4 Å². The molecular weight excluding hydrogens is 1590 g/mol. The smallest absolute Gasteiger partial charge is 0.410 e. The predicted octanol–water partition coefficient (Wildman–Crippen LogP) is 5.47. The summed E-state index contributed by atoms with van der Waals surface area (Å²) in [4.78, 5) is 137. The van der Waals surface area contributed by atoms with E-state index in [1.54, 1.807) is 50.4 Å². The number of aromatic carboxylic acids is 1. The summed E-state index contributed by atoms with van der Waals surface area (Å²) in [6, 6.07) is 17.0. The number of fused-ring (bicyclic) bond motifs is 2. The summed E-state index contributed by atoms with van der Waals surface area (Å²) in [6.45, 7) is 10.4. The lowest BCUT2D eigenvalue weighted by atomic mass is 9.39. The Hall–Kier alpha value is -9.73. The molecule has 36 heteroatoms. The number of carboxylic acid groups (broad SMARTS) is 1. The van der Waals surface area contributed by atoms with E-state index >= 15 is 0 Å². The molecular formula is C84H106N12O22S2. The minimum atomic E-state index is -4.42. The molecule has 8 aliphatic rings. The molecule has 4 aliphatic heterocycles. The van der Waals surface area contributed by atoms with E-state index < -0.39 is 143 Å². The van der Waals surface area contributed by atoms with Crippen molar-refractivity contribution in [1.82, 2.24) is 45.1 Å². The fourth-order valence-electron chi connectivity index (χ4n) is 19.7. The number of rotatable bonds is 36. The number of hydrogen-bond acceptors (Lipinski definition) is 25. The molecule has 4 bridgehead atoms. The van der Waals surface area contributed by atoms with E-state index in [2.05, 4.69) is 40.1 Å². The summed E-state index contributed by atoms with van der Waals surface area (Å²) in [7, 11) is -4.42. The molecule has 11 N–H and O–H groups in total. The number of amides is 8. The van der Waals surface area contributed by atoms with Gasteiger partial charge in [-0.15, -0.1) is 0 Å². The quantitative estimate of drug-likeness (QED) is 0.0132. The molecule has 4 saturated carbocycles. The zero-order valence-corrected chi connectivity index (χ0v) is 69.6. The topological polar surface area (TPSA) is 471 Å². The lowest BCUT2D eigenvalue weighted by Gasteiger charge is -2.69. The average Bonchev–Trinajstić information content (AvgIpc) is 1.02. The van der Waals surface area contributed by atoms with E-state index in [1.165, 1.54) is 23.2 Å². The highest BCUT2D eigenvalue weighted by atomic mass is 32.2. The number of aromatic nitrogens is 4. The van der Waals surface area contributed by atoms with E-state index in [-0.39, 0.29) is 118 Å². The number of benzene rings is 3. The number of aliphatic hydroxyl groups is 5. The van der Waals surface area contributed by atoms with Gasteiger partial charge in [-0.25, -0.2) is 19.6 Å². The average molecular weight is 1700 g/mol. The summed E-state index contributed by atoms with van der Waals surface area (Å²) in [5.41, 5.74) is 4.88. The number of thiazole rings is 1. The van der Waals surface area contributed by atoms with Crippen LogP contribution in [0, 0.1) is 29.1 Å². The molecule has 2 saturated heterocycles. The number of hydrogen-bond donors (Lipinski definition) is 11. The van der Waals surface area contributed by atoms with E-state index in [4.69, 9.17) is 29.0 Å². The van der Waals surface area contributed by atoms with Gasteiger partial charge in [0.2, 0.25) is 23.6 Å². The molecule has 646 valence electrons. The first-order valence-corrected chi connectivity index (χ1v) is 43.1. The van der Waals surface area contributed by atoms with Crippen LogP contribution in [0.3, 0.4) is 0 Å². The van der Waals surface area contributed by atoms with Crippen molar-refractivity contribution in [2.45, 2.75) is 205 Å². The summed E-state index contributed by atoms with van der Waals surface area (Å²) < 4.78 is 59.4. The fraction of sp³-hybridized carbons (Fsp3) is 0.548. The van der Waals surface area contributed by atoms with E-state index in [1.807, 2.05) is 59.0 Å². The third-order valence-electron chi connectivity index (χ3n) is 24.3. The molecule has 14 rings (SSSR count). The molecule has 0 spiro atoms. The number of aliphatic hydroxyl groups excluding tert-OH is 5. The highest BCUT2D eigenvalue weighted by Gasteiger charge is 2.66. The van der Waals surface area contributed by atoms with Crippen LogP contribution in [0.2, 0.25) is 0 Å². The number of carbonyl (C=O) groups is 9. The van der Waals surface area contributed by atoms with Gasteiger partial charge in [-0.2, -0.15) is 13.5 Å². The minimum absolute atomic E-state index is 0.00618. The van der Waals surface area contributed by atoms with Crippen molar-refractivity contribution in [3.63, 3.8) is 0 Å². The second-order valence-corrected chi connectivity index (χ2v) is 37.0. The Morgan fingerprint density at radius 2 is 1.56 bits per heavy atom. The maximum absolute atomic E-state index is 14.7. The number of carbonyl (C=O) groups excluding carboxylic acids is 8. The van der Waals surface area contributed by atoms with E-state index in [9.17, 15) is 86.8 Å². The number of imide groups is 1. The highest BCUT2D eigenvalue weighted by Crippen LogP contribution is 2.72. The first kappa shape index (κ1) is 88.1. The van der Waals surface area contributed by atoms with Crippen LogP contribution in [0.4, 0.5) is 21.4 Å². The summed E-state index contributed by atoms with van der Waals surface area (Å²) in [5, 5.41) is 80.0. The predicted molar refractivity (Wildman–Crippen MR) is 437 cm³/mol. The number of anilines is 3. The molecule has 8 amide bonds. The Morgan fingerprint density at radius 3 is 2.27 bits per heavy atom. The number of aryl methyl sites for hydroxylation is 1. The van der Waals surface area contributed by atoms with Crippen LogP contribution < -0.4 is 26.2 Å². The van der Waals surface area contributed by atoms with Gasteiger partial charge in [-0.05, 0) is 171 Å². The van der Waals surface area contributed by atoms with Crippen LogP contribution in [0.25, 0.3) is 21.3 Å². The van der Waals surface area contributed by atoms with Gasteiger partial charge in [0, 0.05) is 92.4 Å². The number of para-hydroxylation sites is 1. The Labute approximate surface area is 698 Å². The third kappa shape index (κ3) is 20.4. The normalized spacial score (nSPS) is 24.9. The van der Waals surface area contributed by atoms with Gasteiger partial charge in [0.05, 0.1) is 97.3 Å². The zero-order valence-electron chi connectivity index (χ0n) is 68.0. The molecule has 7 heterocycles. The first-order valence-electron chi connectivity index (χ1n) is 40.7. The molecule has 34 nitrogen and oxygen atoms in total. The number of nitrogens with one attached hydrogen (secondary N) is 4. The van der Waals surface area contributed by atoms with Crippen LogP contribution >= 0.6 is 11.3 Å². The zero-order chi connectivity index (χ0) is 85.9. The van der Waals surface area contributed by atoms with Crippen molar-refractivity contribution in [2.75, 3.05) is 80.5 Å². The van der Waals surface area contributed by atoms with Crippen molar-refractivity contribution < 1.29 is 106 Å². The van der Waals surface area contributed by atoms with Gasteiger partial charge in [0.15, 0.2) is 10.8 Å². The van der Waals surface area contributed by atoms with Crippen molar-refractivity contribution in [3.8, 4) is 11.1 Å². The number of pyridine rings is 1. The third-order valence-corrected chi connectivity index (χ3v) is 26.0. The van der Waals surface area contributed by atoms with Gasteiger partial charge >= 0.3 is 12.1 Å². The van der Waals surface area contributed by atoms with Gasteiger partial charge < -0.3 is 80.2 Å². The van der Waals surface area contributed by atoms with Crippen molar-refractivity contribution >= 4 is 102 Å². The second kappa shape index (κ2) is 36.5. The van der Waals surface area contributed by atoms with Crippen LogP contribution in [0.15, 0.2) is 91.1 Å². The molecule has 120 heavy (non-hydrogen) atoms. The number of nitrogens with zero attached hydrogens (tertiary/aromatic N) is 8. The highest BCUT2D eigenvalue weighted by molar-refractivity contribution is 7.85. The molecule has 6 fully saturated rings. The molecule has 4 aliphatic carbocycles. The summed E-state index contributed by atoms with van der Waals surface area (Å²) >= 11 is 1.39. The molecule has 0 radical (unpaired) electrons. The largest absolute Gasteiger partial charge is 0.476 e. The Morgan fingerprint density at radius 1 is 0.817 bits per heavy atom. The van der Waals surface area contributed by atoms with Gasteiger partial charge in [0.1, 0.15) is 30.6 Å². The van der Waals surface area contributed by atoms with Gasteiger partial charge in [0.25, 0.3) is 27.8 Å². The van der Waals surface area contributed by atoms with Gasteiger partial charge in [-0.3, -0.25) is 53.0 Å². The Kier molecular flexibility index (Phi) is 26.8. The molecule has 11 atom stereocenters. The molecule has 3 aromatic carbocycles. The Balaban J connectivity index is 0.661. The lowest BCUT2D eigenvalue weighted by Crippen LogP contribution is -2.64. The SMILES string of the molecule is Cc1c(-c2ccc(N3CCc4cccc(C(=O)Nc5nc6ccccc6s5)c4C3)nc2C(=O)O)cnn1CC12CC3(C)CC(C)(C1)CC(OCCN(CC[C@@H](O)[C@H](O)CCO)C(=O)OCc1ccc(NC(=O)[C@H](C)NC(=O)C(NC(=O)CN4C(=O)[C@@H](N5C(=O)C=CC5=O)C[C@H]4COCCS(=O)(=O)O)C(C)C)cc1CC[C@@H]1OC[C@@H](O)C[C@H]1O)(C3)C2. The fourth-order valence-corrected chi connectivity index (χ4v) is 20.9. The van der Waals surface area contributed by atoms with E-state index in [0.29, 0.717) is 71.2 Å². The molecule has 3 aromatic heterocycles. The maximum Gasteiger partial charge on any atom is 0.410 e. The van der Waals surface area contributed by atoms with Crippen molar-refractivity contribution in [3.05, 3.63) is 130 Å². The number of carboxylic acids is 1. The van der Waals surface area contributed by atoms with Crippen molar-refractivity contribution in [1.29, 1.82) is 0 Å². The van der Waals surface area contributed by atoms with Crippen LogP contribution in [0.5, 0.6) is 0 Å². The number of likely N-dealkylation sites (tertiary alicyclic amines) is 1. The standard InChI is InChI=1S/C84H106N12O22S2/c1-48(2)72(90-69(102)37-94-55(39-115-30-31-120(112,113)114)33-62(77(94)108)96-70(103)20-21-71(96)104)76(107)86-49(3)74(105)87-54-16-14-53(52(32-54)15-18-66-65(101)34-56(98)40-116-66)38-117-80(111)92(26-23-63(99)64(100)24-28-97)27-29-118-84-44-81(5)41-82(6,45-84)43-83(42-81,46-84)47-95-50(4)59(35-85-95)57-17-19-68(89-73(57)78(109)110)93-25-22-51-10-9-11-58(60(51)36-93)75(106)91-79-88-61-12-7-8-13-67(61)119-79/h7-14,16-17,19-21,32,35,48-49,55-56,62-66,72,97-101H,15,18,22-31,33-34,36-47H2,1-6H3,(H,86,107)(H,87,105)(H,90,102)(H,109,110)(H,88,91,106)(H,112,113,114)/t49-,55-,56-,62-,63+,64+,65+,66-,72?,81?,82?,83?,84?/m0/s1. The first-order chi connectivity index (χ1) is 57.0. The number of ether oxygens (including phenoxy) is 4. The van der Waals surface area contributed by atoms with Crippen LogP contribution in [0.1, 0.15) is 154 Å². The summed E-state index contributed by atoms with van der Waals surface area (Å²) in [5.74, 6) is -7.00.